The molecule has 1 fully saturated rings. The standard InChI is InChI=1S/C15H19N5O3S/c1-24(22,23)20-8-3-2-7-13(20)15(21)18-12-6-4-5-11(9-12)14-16-10-17-19-14/h4-6,9-10,13H,2-3,7-8H2,1H3,(H,18,21)(H,16,17,19)/t13-/m0/s1. The molecule has 1 aliphatic heterocycles. The Morgan fingerprint density at radius 3 is 2.92 bits per heavy atom. The first kappa shape index (κ1) is 16.6. The van der Waals surface area contributed by atoms with E-state index in [4.69, 9.17) is 0 Å². The van der Waals surface area contributed by atoms with Crippen LogP contribution in [0.25, 0.3) is 11.4 Å². The summed E-state index contributed by atoms with van der Waals surface area (Å²) < 4.78 is 25.1. The molecule has 0 unspecified atom stereocenters. The minimum absolute atomic E-state index is 0.310. The first-order chi connectivity index (χ1) is 11.4. The lowest BCUT2D eigenvalue weighted by atomic mass is 10.0. The lowest BCUT2D eigenvalue weighted by Crippen LogP contribution is -2.49. The molecule has 1 aliphatic rings. The third kappa shape index (κ3) is 3.62. The summed E-state index contributed by atoms with van der Waals surface area (Å²) in [4.78, 5) is 16.6. The number of hydrogen-bond donors (Lipinski definition) is 2. The number of nitrogens with one attached hydrogen (secondary N) is 2. The van der Waals surface area contributed by atoms with Crippen LogP contribution in [0.2, 0.25) is 0 Å². The van der Waals surface area contributed by atoms with Crippen LogP contribution < -0.4 is 5.32 Å². The molecule has 0 bridgehead atoms. The van der Waals surface area contributed by atoms with Gasteiger partial charge < -0.3 is 5.32 Å². The number of carbonyl (C=O) groups excluding carboxylic acids is 1. The van der Waals surface area contributed by atoms with Crippen LogP contribution in [0.3, 0.4) is 0 Å². The van der Waals surface area contributed by atoms with Crippen LogP contribution in [-0.4, -0.2) is 52.7 Å². The van der Waals surface area contributed by atoms with Gasteiger partial charge in [0.05, 0.1) is 6.26 Å². The van der Waals surface area contributed by atoms with Crippen molar-refractivity contribution in [3.05, 3.63) is 30.6 Å². The van der Waals surface area contributed by atoms with E-state index in [-0.39, 0.29) is 5.91 Å². The van der Waals surface area contributed by atoms with Gasteiger partial charge in [-0.05, 0) is 25.0 Å². The summed E-state index contributed by atoms with van der Waals surface area (Å²) in [5.74, 6) is 0.288. The molecule has 2 aromatic rings. The van der Waals surface area contributed by atoms with Crippen molar-refractivity contribution in [1.82, 2.24) is 19.5 Å². The highest BCUT2D eigenvalue weighted by molar-refractivity contribution is 7.88. The number of carbonyl (C=O) groups is 1. The van der Waals surface area contributed by atoms with Crippen molar-refractivity contribution in [1.29, 1.82) is 0 Å². The predicted molar refractivity (Wildman–Crippen MR) is 89.6 cm³/mol. The lowest BCUT2D eigenvalue weighted by Gasteiger charge is -2.32. The van der Waals surface area contributed by atoms with Crippen molar-refractivity contribution in [3.8, 4) is 11.4 Å². The van der Waals surface area contributed by atoms with Crippen LogP contribution in [0.4, 0.5) is 5.69 Å². The van der Waals surface area contributed by atoms with E-state index < -0.39 is 16.1 Å². The van der Waals surface area contributed by atoms with Gasteiger partial charge in [0.2, 0.25) is 15.9 Å². The van der Waals surface area contributed by atoms with Crippen molar-refractivity contribution in [2.24, 2.45) is 0 Å². The third-order valence-electron chi connectivity index (χ3n) is 4.00. The van der Waals surface area contributed by atoms with Crippen LogP contribution in [0.5, 0.6) is 0 Å². The van der Waals surface area contributed by atoms with Crippen LogP contribution in [-0.2, 0) is 14.8 Å². The number of nitrogens with zero attached hydrogens (tertiary/aromatic N) is 3. The number of sulfonamides is 1. The Labute approximate surface area is 140 Å². The zero-order valence-corrected chi connectivity index (χ0v) is 14.1. The number of benzene rings is 1. The van der Waals surface area contributed by atoms with E-state index >= 15 is 0 Å². The van der Waals surface area contributed by atoms with E-state index in [1.165, 1.54) is 10.6 Å². The van der Waals surface area contributed by atoms with E-state index in [1.54, 1.807) is 18.2 Å². The molecule has 128 valence electrons. The molecule has 2 N–H and O–H groups in total. The fourth-order valence-corrected chi connectivity index (χ4v) is 4.00. The zero-order chi connectivity index (χ0) is 17.2. The fraction of sp³-hybridized carbons (Fsp3) is 0.400. The summed E-state index contributed by atoms with van der Waals surface area (Å²) in [5, 5.41) is 9.37. The topological polar surface area (TPSA) is 108 Å². The van der Waals surface area contributed by atoms with Crippen LogP contribution in [0, 0.1) is 0 Å². The number of anilines is 1. The molecular weight excluding hydrogens is 330 g/mol. The van der Waals surface area contributed by atoms with Crippen molar-refractivity contribution < 1.29 is 13.2 Å². The SMILES string of the molecule is CS(=O)(=O)N1CCCC[C@H]1C(=O)Nc1cccc(-c2ncn[nH]2)c1. The molecule has 0 radical (unpaired) electrons. The Morgan fingerprint density at radius 1 is 1.38 bits per heavy atom. The van der Waals surface area contributed by atoms with Crippen molar-refractivity contribution in [2.45, 2.75) is 25.3 Å². The number of H-pyrrole nitrogens is 1. The molecule has 1 atom stereocenters. The third-order valence-corrected chi connectivity index (χ3v) is 5.29. The molecule has 0 saturated carbocycles. The summed E-state index contributed by atoms with van der Waals surface area (Å²) in [6.45, 7) is 0.384. The molecular formula is C15H19N5O3S. The van der Waals surface area contributed by atoms with Crippen molar-refractivity contribution in [2.75, 3.05) is 18.1 Å². The second-order valence-corrected chi connectivity index (χ2v) is 7.72. The first-order valence-electron chi connectivity index (χ1n) is 7.68. The Bertz CT molecular complexity index is 819. The lowest BCUT2D eigenvalue weighted by molar-refractivity contribution is -0.120. The molecule has 3 rings (SSSR count). The molecule has 0 spiro atoms. The zero-order valence-electron chi connectivity index (χ0n) is 13.3. The van der Waals surface area contributed by atoms with Crippen LogP contribution in [0.15, 0.2) is 30.6 Å². The first-order valence-corrected chi connectivity index (χ1v) is 9.53. The van der Waals surface area contributed by atoms with Crippen molar-refractivity contribution >= 4 is 21.6 Å². The highest BCUT2D eigenvalue weighted by atomic mass is 32.2. The summed E-state index contributed by atoms with van der Waals surface area (Å²) in [5.41, 5.74) is 1.38. The van der Waals surface area contributed by atoms with Crippen LogP contribution in [0.1, 0.15) is 19.3 Å². The molecule has 0 aliphatic carbocycles. The molecule has 9 heteroatoms. The quantitative estimate of drug-likeness (QED) is 0.863. The monoisotopic (exact) mass is 349 g/mol. The molecule has 1 amide bonds. The van der Waals surface area contributed by atoms with Gasteiger partial charge in [-0.3, -0.25) is 9.89 Å². The molecule has 24 heavy (non-hydrogen) atoms. The summed E-state index contributed by atoms with van der Waals surface area (Å²) in [6.07, 6.45) is 4.69. The van der Waals surface area contributed by atoms with Crippen LogP contribution >= 0.6 is 0 Å². The average molecular weight is 349 g/mol. The van der Waals surface area contributed by atoms with Gasteiger partial charge in [-0.1, -0.05) is 18.6 Å². The van der Waals surface area contributed by atoms with E-state index in [0.29, 0.717) is 24.5 Å². The Kier molecular flexibility index (Phi) is 4.63. The maximum absolute atomic E-state index is 12.6. The molecule has 1 aromatic heterocycles. The van der Waals surface area contributed by atoms with E-state index in [1.807, 2.05) is 6.07 Å². The predicted octanol–water partition coefficient (Wildman–Crippen LogP) is 1.22. The van der Waals surface area contributed by atoms with Gasteiger partial charge in [-0.2, -0.15) is 9.40 Å². The minimum atomic E-state index is -3.41. The number of amides is 1. The summed E-state index contributed by atoms with van der Waals surface area (Å²) in [7, 11) is -3.41. The molecule has 1 saturated heterocycles. The van der Waals surface area contributed by atoms with Gasteiger partial charge in [-0.15, -0.1) is 0 Å². The highest BCUT2D eigenvalue weighted by Gasteiger charge is 2.34. The number of aromatic amines is 1. The fourth-order valence-electron chi connectivity index (χ4n) is 2.88. The second-order valence-electron chi connectivity index (χ2n) is 5.79. The number of rotatable bonds is 4. The minimum Gasteiger partial charge on any atom is -0.325 e. The van der Waals surface area contributed by atoms with Gasteiger partial charge >= 0.3 is 0 Å². The van der Waals surface area contributed by atoms with Crippen molar-refractivity contribution in [3.63, 3.8) is 0 Å². The average Bonchev–Trinajstić information content (AvgIpc) is 3.09. The highest BCUT2D eigenvalue weighted by Crippen LogP contribution is 2.23. The second kappa shape index (κ2) is 6.70. The molecule has 8 nitrogen and oxygen atoms in total. The van der Waals surface area contributed by atoms with Gasteiger partial charge in [0, 0.05) is 17.8 Å². The van der Waals surface area contributed by atoms with Gasteiger partial charge in [0.1, 0.15) is 12.4 Å². The Balaban J connectivity index is 1.78. The molecule has 1 aromatic carbocycles. The normalized spacial score (nSPS) is 19.1. The summed E-state index contributed by atoms with van der Waals surface area (Å²) >= 11 is 0. The van der Waals surface area contributed by atoms with E-state index in [9.17, 15) is 13.2 Å². The maximum Gasteiger partial charge on any atom is 0.242 e. The molecule has 2 heterocycles. The van der Waals surface area contributed by atoms with Gasteiger partial charge in [0.15, 0.2) is 5.82 Å². The largest absolute Gasteiger partial charge is 0.325 e. The number of aromatic nitrogens is 3. The number of piperidine rings is 1. The smallest absolute Gasteiger partial charge is 0.242 e. The Morgan fingerprint density at radius 2 is 2.21 bits per heavy atom. The number of hydrogen-bond acceptors (Lipinski definition) is 5. The van der Waals surface area contributed by atoms with Gasteiger partial charge in [-0.25, -0.2) is 13.4 Å². The Hall–Kier alpha value is -2.26. The van der Waals surface area contributed by atoms with E-state index in [2.05, 4.69) is 20.5 Å². The van der Waals surface area contributed by atoms with E-state index in [0.717, 1.165) is 24.7 Å². The summed E-state index contributed by atoms with van der Waals surface area (Å²) in [6, 6.07) is 6.50. The maximum atomic E-state index is 12.6. The van der Waals surface area contributed by atoms with Gasteiger partial charge in [0.25, 0.3) is 0 Å².